The van der Waals surface area contributed by atoms with Gasteiger partial charge in [0.15, 0.2) is 0 Å². The maximum absolute atomic E-state index is 11.9. The number of thioether (sulfide) groups is 1. The molecule has 1 aromatic heterocycles. The maximum Gasteiger partial charge on any atom is 0.291 e. The summed E-state index contributed by atoms with van der Waals surface area (Å²) in [5.74, 6) is 5.83. The second-order valence-corrected chi connectivity index (χ2v) is 5.89. The Balaban J connectivity index is 1.93. The topological polar surface area (TPSA) is 103 Å². The van der Waals surface area contributed by atoms with Crippen LogP contribution in [0.3, 0.4) is 0 Å². The Morgan fingerprint density at radius 2 is 2.05 bits per heavy atom. The van der Waals surface area contributed by atoms with E-state index >= 15 is 0 Å². The molecule has 116 valence electrons. The van der Waals surface area contributed by atoms with Crippen molar-refractivity contribution in [3.63, 3.8) is 0 Å². The third kappa shape index (κ3) is 4.08. The summed E-state index contributed by atoms with van der Waals surface area (Å²) in [6, 6.07) is 7.68. The van der Waals surface area contributed by atoms with E-state index in [4.69, 9.17) is 5.84 Å². The van der Waals surface area contributed by atoms with E-state index in [1.807, 2.05) is 24.3 Å². The summed E-state index contributed by atoms with van der Waals surface area (Å²) in [4.78, 5) is 23.2. The van der Waals surface area contributed by atoms with Crippen LogP contribution in [0.1, 0.15) is 25.3 Å². The molecule has 3 N–H and O–H groups in total. The summed E-state index contributed by atoms with van der Waals surface area (Å²) in [6.45, 7) is 4.22. The molecule has 22 heavy (non-hydrogen) atoms. The zero-order chi connectivity index (χ0) is 16.1. The monoisotopic (exact) mass is 319 g/mol. The molecule has 0 fully saturated rings. The molecule has 8 heteroatoms. The van der Waals surface area contributed by atoms with Crippen LogP contribution in [0.15, 0.2) is 40.4 Å². The van der Waals surface area contributed by atoms with E-state index in [9.17, 15) is 9.59 Å². The largest absolute Gasteiger partial charge is 0.334 e. The van der Waals surface area contributed by atoms with Crippen LogP contribution in [0.25, 0.3) is 0 Å². The molecule has 0 aliphatic rings. The predicted molar refractivity (Wildman–Crippen MR) is 86.3 cm³/mol. The Morgan fingerprint density at radius 3 is 2.68 bits per heavy atom. The Labute approximate surface area is 131 Å². The predicted octanol–water partition coefficient (Wildman–Crippen LogP) is 1.21. The quantitative estimate of drug-likeness (QED) is 0.634. The average Bonchev–Trinajstić information content (AvgIpc) is 2.49. The van der Waals surface area contributed by atoms with Crippen LogP contribution in [-0.2, 0) is 4.79 Å². The van der Waals surface area contributed by atoms with Gasteiger partial charge in [0.25, 0.3) is 5.56 Å². The molecule has 2 rings (SSSR count). The molecule has 0 saturated carbocycles. The number of nitrogen functional groups attached to an aromatic ring is 1. The van der Waals surface area contributed by atoms with Crippen LogP contribution in [0.4, 0.5) is 5.69 Å². The molecule has 0 unspecified atom stereocenters. The van der Waals surface area contributed by atoms with Crippen molar-refractivity contribution in [3.05, 3.63) is 46.4 Å². The molecule has 1 aromatic carbocycles. The Morgan fingerprint density at radius 1 is 1.36 bits per heavy atom. The number of hydrogen-bond donors (Lipinski definition) is 2. The zero-order valence-electron chi connectivity index (χ0n) is 12.3. The van der Waals surface area contributed by atoms with Crippen LogP contribution in [0.2, 0.25) is 0 Å². The highest BCUT2D eigenvalue weighted by atomic mass is 32.2. The number of anilines is 1. The van der Waals surface area contributed by atoms with Gasteiger partial charge in [-0.05, 0) is 23.6 Å². The number of nitrogens with one attached hydrogen (secondary N) is 1. The Kier molecular flexibility index (Phi) is 5.16. The van der Waals surface area contributed by atoms with Gasteiger partial charge >= 0.3 is 0 Å². The van der Waals surface area contributed by atoms with Crippen molar-refractivity contribution in [2.75, 3.05) is 16.9 Å². The van der Waals surface area contributed by atoms with Gasteiger partial charge in [0.2, 0.25) is 11.1 Å². The molecule has 7 nitrogen and oxygen atoms in total. The van der Waals surface area contributed by atoms with E-state index in [0.29, 0.717) is 5.92 Å². The zero-order valence-corrected chi connectivity index (χ0v) is 13.1. The third-order valence-electron chi connectivity index (χ3n) is 2.95. The van der Waals surface area contributed by atoms with E-state index in [1.54, 1.807) is 0 Å². The van der Waals surface area contributed by atoms with Gasteiger partial charge in [0, 0.05) is 5.69 Å². The number of nitrogens with two attached hydrogens (primary N) is 1. The van der Waals surface area contributed by atoms with Gasteiger partial charge in [-0.1, -0.05) is 37.7 Å². The molecule has 0 bridgehead atoms. The van der Waals surface area contributed by atoms with E-state index in [0.717, 1.165) is 28.3 Å². The minimum atomic E-state index is -0.470. The lowest BCUT2D eigenvalue weighted by Gasteiger charge is -2.08. The maximum atomic E-state index is 11.9. The lowest BCUT2D eigenvalue weighted by Crippen LogP contribution is -2.30. The lowest BCUT2D eigenvalue weighted by atomic mass is 10.0. The number of rotatable bonds is 5. The first-order valence-corrected chi connectivity index (χ1v) is 7.68. The standard InChI is InChI=1S/C14H17N5O2S/c1-9(2)10-3-5-11(6-4-10)17-12(20)8-22-14-18-16-7-13(21)19(14)15/h3-7,9H,8,15H2,1-2H3,(H,17,20). The number of carbonyl (C=O) groups excluding carboxylic acids is 1. The Bertz CT molecular complexity index is 712. The molecule has 2 aromatic rings. The van der Waals surface area contributed by atoms with Crippen molar-refractivity contribution in [3.8, 4) is 0 Å². The molecule has 0 atom stereocenters. The highest BCUT2D eigenvalue weighted by Gasteiger charge is 2.09. The van der Waals surface area contributed by atoms with Gasteiger partial charge in [0.1, 0.15) is 6.20 Å². The van der Waals surface area contributed by atoms with Crippen molar-refractivity contribution < 1.29 is 4.79 Å². The van der Waals surface area contributed by atoms with Crippen LogP contribution in [0, 0.1) is 0 Å². The Hall–Kier alpha value is -2.35. The van der Waals surface area contributed by atoms with Gasteiger partial charge in [-0.3, -0.25) is 9.59 Å². The summed E-state index contributed by atoms with van der Waals surface area (Å²) in [7, 11) is 0. The van der Waals surface area contributed by atoms with Crippen molar-refractivity contribution >= 4 is 23.4 Å². The number of nitrogens with zero attached hydrogens (tertiary/aromatic N) is 3. The number of hydrogen-bond acceptors (Lipinski definition) is 6. The van der Waals surface area contributed by atoms with Crippen LogP contribution < -0.4 is 16.7 Å². The van der Waals surface area contributed by atoms with Crippen molar-refractivity contribution in [1.29, 1.82) is 0 Å². The van der Waals surface area contributed by atoms with Crippen molar-refractivity contribution in [2.24, 2.45) is 0 Å². The molecular formula is C14H17N5O2S. The van der Waals surface area contributed by atoms with Crippen molar-refractivity contribution in [2.45, 2.75) is 24.9 Å². The molecule has 0 aliphatic heterocycles. The number of amides is 1. The number of carbonyl (C=O) groups is 1. The fourth-order valence-corrected chi connectivity index (χ4v) is 2.38. The fourth-order valence-electron chi connectivity index (χ4n) is 1.71. The van der Waals surface area contributed by atoms with Gasteiger partial charge in [-0.15, -0.1) is 5.10 Å². The second kappa shape index (κ2) is 7.08. The smallest absolute Gasteiger partial charge is 0.291 e. The highest BCUT2D eigenvalue weighted by Crippen LogP contribution is 2.18. The van der Waals surface area contributed by atoms with E-state index in [2.05, 4.69) is 29.4 Å². The minimum Gasteiger partial charge on any atom is -0.334 e. The summed E-state index contributed by atoms with van der Waals surface area (Å²) >= 11 is 1.05. The normalized spacial score (nSPS) is 10.7. The number of aromatic nitrogens is 3. The summed E-state index contributed by atoms with van der Waals surface area (Å²) in [5, 5.41) is 10.2. The first-order chi connectivity index (χ1) is 10.5. The molecule has 0 aliphatic carbocycles. The molecule has 0 radical (unpaired) electrons. The van der Waals surface area contributed by atoms with Crippen molar-refractivity contribution in [1.82, 2.24) is 14.9 Å². The molecule has 1 amide bonds. The van der Waals surface area contributed by atoms with E-state index in [1.165, 1.54) is 5.56 Å². The van der Waals surface area contributed by atoms with E-state index < -0.39 is 5.56 Å². The number of benzene rings is 1. The molecule has 0 spiro atoms. The van der Waals surface area contributed by atoms with Gasteiger partial charge in [-0.2, -0.15) is 9.77 Å². The van der Waals surface area contributed by atoms with Gasteiger partial charge < -0.3 is 11.2 Å². The second-order valence-electron chi connectivity index (χ2n) is 4.95. The molecular weight excluding hydrogens is 302 g/mol. The minimum absolute atomic E-state index is 0.0846. The van der Waals surface area contributed by atoms with E-state index in [-0.39, 0.29) is 16.8 Å². The highest BCUT2D eigenvalue weighted by molar-refractivity contribution is 7.99. The van der Waals surface area contributed by atoms with Gasteiger partial charge in [-0.25, -0.2) is 0 Å². The van der Waals surface area contributed by atoms with Crippen LogP contribution in [0.5, 0.6) is 0 Å². The summed E-state index contributed by atoms with van der Waals surface area (Å²) in [6.07, 6.45) is 1.01. The summed E-state index contributed by atoms with van der Waals surface area (Å²) in [5.41, 5.74) is 1.46. The van der Waals surface area contributed by atoms with Gasteiger partial charge in [0.05, 0.1) is 5.75 Å². The summed E-state index contributed by atoms with van der Waals surface area (Å²) < 4.78 is 0.863. The lowest BCUT2D eigenvalue weighted by molar-refractivity contribution is -0.113. The third-order valence-corrected chi connectivity index (χ3v) is 3.89. The first kappa shape index (κ1) is 16.0. The fraction of sp³-hybridized carbons (Fsp3) is 0.286. The SMILES string of the molecule is CC(C)c1ccc(NC(=O)CSc2nncc(=O)n2N)cc1. The van der Waals surface area contributed by atoms with Crippen LogP contribution in [-0.4, -0.2) is 26.5 Å². The molecule has 0 saturated heterocycles. The average molecular weight is 319 g/mol. The molecule has 1 heterocycles. The first-order valence-electron chi connectivity index (χ1n) is 6.70. The van der Waals surface area contributed by atoms with Crippen LogP contribution >= 0.6 is 11.8 Å².